The Kier molecular flexibility index (Phi) is 3.40. The molecule has 2 rings (SSSR count). The Bertz CT molecular complexity index is 454. The molecule has 0 saturated heterocycles. The van der Waals surface area contributed by atoms with Crippen LogP contribution in [-0.2, 0) is 6.42 Å². The van der Waals surface area contributed by atoms with Gasteiger partial charge in [-0.1, -0.05) is 18.1 Å². The third-order valence-corrected chi connectivity index (χ3v) is 3.02. The summed E-state index contributed by atoms with van der Waals surface area (Å²) in [4.78, 5) is 5.09. The summed E-state index contributed by atoms with van der Waals surface area (Å²) >= 11 is 0. The summed E-state index contributed by atoms with van der Waals surface area (Å²) in [6.45, 7) is 3.66. The van der Waals surface area contributed by atoms with Crippen LogP contribution in [-0.4, -0.2) is 26.2 Å². The van der Waals surface area contributed by atoms with Crippen LogP contribution in [0.25, 0.3) is 10.4 Å². The van der Waals surface area contributed by atoms with E-state index in [2.05, 4.69) is 21.0 Å². The van der Waals surface area contributed by atoms with Crippen molar-refractivity contribution in [3.05, 3.63) is 34.2 Å². The quantitative estimate of drug-likeness (QED) is 0.455. The van der Waals surface area contributed by atoms with Crippen LogP contribution >= 0.6 is 0 Å². The van der Waals surface area contributed by atoms with E-state index >= 15 is 0 Å². The van der Waals surface area contributed by atoms with Crippen LogP contribution in [0.4, 0.5) is 5.69 Å². The van der Waals surface area contributed by atoms with Crippen molar-refractivity contribution in [2.45, 2.75) is 19.4 Å². The SMILES string of the molecule is COc1ccc2c(c1)N(CC(C)N=[N+]=[N-])CC2. The number of anilines is 1. The minimum atomic E-state index is -0.0165. The van der Waals surface area contributed by atoms with Gasteiger partial charge >= 0.3 is 0 Å². The first-order valence-electron chi connectivity index (χ1n) is 5.70. The molecule has 0 saturated carbocycles. The fourth-order valence-electron chi connectivity index (χ4n) is 2.19. The molecule has 1 aliphatic heterocycles. The topological polar surface area (TPSA) is 61.2 Å². The lowest BCUT2D eigenvalue weighted by atomic mass is 10.1. The average Bonchev–Trinajstić information content (AvgIpc) is 2.72. The minimum Gasteiger partial charge on any atom is -0.497 e. The Morgan fingerprint density at radius 2 is 2.41 bits per heavy atom. The van der Waals surface area contributed by atoms with Gasteiger partial charge in [0, 0.05) is 29.8 Å². The molecule has 0 fully saturated rings. The zero-order valence-electron chi connectivity index (χ0n) is 10.1. The standard InChI is InChI=1S/C12H16N4O/c1-9(14-15-13)8-16-6-5-10-3-4-11(17-2)7-12(10)16/h3-4,7,9H,5-6,8H2,1-2H3. The zero-order chi connectivity index (χ0) is 12.3. The monoisotopic (exact) mass is 232 g/mol. The van der Waals surface area contributed by atoms with Crippen LogP contribution in [0.2, 0.25) is 0 Å². The molecule has 0 radical (unpaired) electrons. The second kappa shape index (κ2) is 4.97. The molecule has 90 valence electrons. The van der Waals surface area contributed by atoms with Gasteiger partial charge in [-0.15, -0.1) is 0 Å². The van der Waals surface area contributed by atoms with Gasteiger partial charge in [-0.2, -0.15) is 0 Å². The zero-order valence-corrected chi connectivity index (χ0v) is 10.1. The van der Waals surface area contributed by atoms with Crippen molar-refractivity contribution in [2.75, 3.05) is 25.1 Å². The van der Waals surface area contributed by atoms with Crippen LogP contribution in [0.5, 0.6) is 5.75 Å². The molecule has 1 heterocycles. The van der Waals surface area contributed by atoms with Crippen molar-refractivity contribution < 1.29 is 4.74 Å². The van der Waals surface area contributed by atoms with Crippen LogP contribution in [0, 0.1) is 0 Å². The normalized spacial score (nSPS) is 15.1. The first-order valence-corrected chi connectivity index (χ1v) is 5.70. The van der Waals surface area contributed by atoms with Crippen molar-refractivity contribution >= 4 is 5.69 Å². The van der Waals surface area contributed by atoms with Gasteiger partial charge in [-0.05, 0) is 23.6 Å². The number of hydrogen-bond acceptors (Lipinski definition) is 3. The Hall–Kier alpha value is -1.87. The third kappa shape index (κ3) is 2.45. The molecule has 0 N–H and O–H groups in total. The summed E-state index contributed by atoms with van der Waals surface area (Å²) in [6, 6.07) is 6.12. The maximum atomic E-state index is 8.41. The largest absolute Gasteiger partial charge is 0.497 e. The summed E-state index contributed by atoms with van der Waals surface area (Å²) in [5.41, 5.74) is 10.9. The summed E-state index contributed by atoms with van der Waals surface area (Å²) in [7, 11) is 1.67. The number of methoxy groups -OCH3 is 1. The van der Waals surface area contributed by atoms with Gasteiger partial charge in [-0.25, -0.2) is 0 Å². The van der Waals surface area contributed by atoms with Gasteiger partial charge in [0.15, 0.2) is 0 Å². The maximum absolute atomic E-state index is 8.41. The fraction of sp³-hybridized carbons (Fsp3) is 0.500. The molecule has 0 spiro atoms. The second-order valence-electron chi connectivity index (χ2n) is 4.24. The van der Waals surface area contributed by atoms with E-state index < -0.39 is 0 Å². The number of hydrogen-bond donors (Lipinski definition) is 0. The fourth-order valence-corrected chi connectivity index (χ4v) is 2.19. The van der Waals surface area contributed by atoms with Gasteiger partial charge in [0.25, 0.3) is 0 Å². The van der Waals surface area contributed by atoms with E-state index in [1.54, 1.807) is 7.11 Å². The second-order valence-corrected chi connectivity index (χ2v) is 4.24. The molecule has 1 unspecified atom stereocenters. The molecule has 1 aliphatic rings. The Morgan fingerprint density at radius 1 is 1.59 bits per heavy atom. The smallest absolute Gasteiger partial charge is 0.120 e. The van der Waals surface area contributed by atoms with Crippen LogP contribution in [0.15, 0.2) is 23.3 Å². The molecule has 5 heteroatoms. The minimum absolute atomic E-state index is 0.0165. The number of azide groups is 1. The molecule has 0 aromatic heterocycles. The average molecular weight is 232 g/mol. The molecule has 0 aliphatic carbocycles. The summed E-state index contributed by atoms with van der Waals surface area (Å²) in [5, 5.41) is 3.71. The Labute approximate surface area is 101 Å². The van der Waals surface area contributed by atoms with Gasteiger partial charge in [-0.3, -0.25) is 0 Å². The Balaban J connectivity index is 2.17. The van der Waals surface area contributed by atoms with E-state index in [9.17, 15) is 0 Å². The molecule has 1 atom stereocenters. The molecular weight excluding hydrogens is 216 g/mol. The van der Waals surface area contributed by atoms with Crippen molar-refractivity contribution in [3.63, 3.8) is 0 Å². The highest BCUT2D eigenvalue weighted by Gasteiger charge is 2.20. The van der Waals surface area contributed by atoms with E-state index in [0.717, 1.165) is 25.3 Å². The predicted octanol–water partition coefficient (Wildman–Crippen LogP) is 2.76. The van der Waals surface area contributed by atoms with Crippen molar-refractivity contribution in [2.24, 2.45) is 5.11 Å². The number of rotatable bonds is 4. The highest BCUT2D eigenvalue weighted by Crippen LogP contribution is 2.31. The first kappa shape index (κ1) is 11.6. The molecule has 17 heavy (non-hydrogen) atoms. The molecule has 1 aromatic carbocycles. The number of fused-ring (bicyclic) bond motifs is 1. The third-order valence-electron chi connectivity index (χ3n) is 3.02. The summed E-state index contributed by atoms with van der Waals surface area (Å²) < 4.78 is 5.23. The summed E-state index contributed by atoms with van der Waals surface area (Å²) in [5.74, 6) is 0.868. The van der Waals surface area contributed by atoms with E-state index in [0.29, 0.717) is 0 Å². The van der Waals surface area contributed by atoms with Crippen LogP contribution in [0.3, 0.4) is 0 Å². The lowest BCUT2D eigenvalue weighted by molar-refractivity contribution is 0.415. The van der Waals surface area contributed by atoms with Gasteiger partial charge < -0.3 is 9.64 Å². The molecule has 0 amide bonds. The predicted molar refractivity (Wildman–Crippen MR) is 67.5 cm³/mol. The molecule has 0 bridgehead atoms. The van der Waals surface area contributed by atoms with E-state index in [1.165, 1.54) is 11.3 Å². The van der Waals surface area contributed by atoms with E-state index in [1.807, 2.05) is 19.1 Å². The highest BCUT2D eigenvalue weighted by molar-refractivity contribution is 5.61. The van der Waals surface area contributed by atoms with Gasteiger partial charge in [0.2, 0.25) is 0 Å². The van der Waals surface area contributed by atoms with Crippen molar-refractivity contribution in [1.82, 2.24) is 0 Å². The van der Waals surface area contributed by atoms with Crippen LogP contribution in [0.1, 0.15) is 12.5 Å². The van der Waals surface area contributed by atoms with Gasteiger partial charge in [0.05, 0.1) is 13.2 Å². The van der Waals surface area contributed by atoms with Crippen molar-refractivity contribution in [3.8, 4) is 5.75 Å². The Morgan fingerprint density at radius 3 is 3.12 bits per heavy atom. The van der Waals surface area contributed by atoms with Crippen molar-refractivity contribution in [1.29, 1.82) is 0 Å². The van der Waals surface area contributed by atoms with E-state index in [4.69, 9.17) is 10.3 Å². The number of nitrogens with zero attached hydrogens (tertiary/aromatic N) is 4. The molecular formula is C12H16N4O. The van der Waals surface area contributed by atoms with Crippen LogP contribution < -0.4 is 9.64 Å². The number of benzene rings is 1. The first-order chi connectivity index (χ1) is 8.24. The molecule has 5 nitrogen and oxygen atoms in total. The molecule has 1 aromatic rings. The summed E-state index contributed by atoms with van der Waals surface area (Å²) in [6.07, 6.45) is 1.04. The number of ether oxygens (including phenoxy) is 1. The lowest BCUT2D eigenvalue weighted by Gasteiger charge is -2.21. The van der Waals surface area contributed by atoms with Gasteiger partial charge in [0.1, 0.15) is 5.75 Å². The highest BCUT2D eigenvalue weighted by atomic mass is 16.5. The lowest BCUT2D eigenvalue weighted by Crippen LogP contribution is -2.28. The maximum Gasteiger partial charge on any atom is 0.120 e. The van der Waals surface area contributed by atoms with E-state index in [-0.39, 0.29) is 6.04 Å².